The Balaban J connectivity index is 1.23. The number of nitrogens with one attached hydrogen (secondary N) is 1. The van der Waals surface area contributed by atoms with Crippen molar-refractivity contribution in [3.63, 3.8) is 0 Å². The largest absolute Gasteiger partial charge is 0.364 e. The molecule has 2 aromatic carbocycles. The molecule has 1 aliphatic carbocycles. The molecule has 3 N–H and O–H groups in total. The Hall–Kier alpha value is -4.37. The van der Waals surface area contributed by atoms with E-state index in [2.05, 4.69) is 10.3 Å². The first kappa shape index (κ1) is 26.8. The van der Waals surface area contributed by atoms with Gasteiger partial charge in [-0.05, 0) is 81.0 Å². The minimum atomic E-state index is -0.495. The van der Waals surface area contributed by atoms with E-state index in [4.69, 9.17) is 17.3 Å². The molecule has 0 bridgehead atoms. The fourth-order valence-electron chi connectivity index (χ4n) is 6.09. The van der Waals surface area contributed by atoms with Gasteiger partial charge in [0.05, 0.1) is 33.0 Å². The minimum absolute atomic E-state index is 0.0677. The number of halogens is 1. The Morgan fingerprint density at radius 3 is 2.49 bits per heavy atom. The van der Waals surface area contributed by atoms with Crippen LogP contribution < -0.4 is 16.7 Å². The van der Waals surface area contributed by atoms with Gasteiger partial charge in [-0.25, -0.2) is 4.79 Å². The number of imidazole rings is 1. The third-order valence-electron chi connectivity index (χ3n) is 8.29. The molecule has 2 amide bonds. The molecule has 1 fully saturated rings. The van der Waals surface area contributed by atoms with E-state index in [9.17, 15) is 14.4 Å². The molecule has 0 aliphatic heterocycles. The van der Waals surface area contributed by atoms with Crippen LogP contribution in [0.3, 0.4) is 0 Å². The van der Waals surface area contributed by atoms with E-state index in [0.717, 1.165) is 53.3 Å². The second-order valence-electron chi connectivity index (χ2n) is 10.9. The van der Waals surface area contributed by atoms with E-state index < -0.39 is 5.91 Å². The number of hydrogen-bond donors (Lipinski definition) is 2. The summed E-state index contributed by atoms with van der Waals surface area (Å²) in [6, 6.07) is 17.0. The van der Waals surface area contributed by atoms with Crippen LogP contribution in [0, 0.1) is 12.8 Å². The number of para-hydroxylation sites is 2. The lowest BCUT2D eigenvalue weighted by Crippen LogP contribution is -2.39. The Morgan fingerprint density at radius 1 is 1.02 bits per heavy atom. The number of nitrogens with two attached hydrogens (primary N) is 1. The van der Waals surface area contributed by atoms with Crippen LogP contribution in [0.4, 0.5) is 0 Å². The zero-order valence-corrected chi connectivity index (χ0v) is 23.7. The van der Waals surface area contributed by atoms with E-state index in [0.29, 0.717) is 34.4 Å². The van der Waals surface area contributed by atoms with Gasteiger partial charge in [0.15, 0.2) is 0 Å². The Bertz CT molecular complexity index is 1880. The van der Waals surface area contributed by atoms with E-state index >= 15 is 0 Å². The van der Waals surface area contributed by atoms with Crippen molar-refractivity contribution in [1.29, 1.82) is 0 Å². The van der Waals surface area contributed by atoms with Crippen molar-refractivity contribution < 1.29 is 9.59 Å². The van der Waals surface area contributed by atoms with Gasteiger partial charge >= 0.3 is 5.69 Å². The van der Waals surface area contributed by atoms with E-state index in [1.54, 1.807) is 35.2 Å². The topological polar surface area (TPSA) is 117 Å². The van der Waals surface area contributed by atoms with Crippen LogP contribution in [0.15, 0.2) is 65.6 Å². The molecule has 3 heterocycles. The molecular formula is C31H31ClN6O3. The first-order valence-corrected chi connectivity index (χ1v) is 14.1. The number of rotatable bonds is 6. The van der Waals surface area contributed by atoms with Crippen molar-refractivity contribution in [2.75, 3.05) is 0 Å². The number of aromatic nitrogens is 4. The van der Waals surface area contributed by atoms with Gasteiger partial charge in [-0.3, -0.25) is 23.7 Å². The molecule has 210 valence electrons. The Kier molecular flexibility index (Phi) is 6.91. The van der Waals surface area contributed by atoms with E-state index in [1.165, 1.54) is 6.20 Å². The van der Waals surface area contributed by atoms with E-state index in [1.807, 2.05) is 47.0 Å². The third kappa shape index (κ3) is 4.91. The van der Waals surface area contributed by atoms with Gasteiger partial charge in [-0.2, -0.15) is 0 Å². The average molecular weight is 571 g/mol. The zero-order valence-electron chi connectivity index (χ0n) is 22.9. The van der Waals surface area contributed by atoms with Crippen LogP contribution in [-0.2, 0) is 13.6 Å². The SMILES string of the molecule is Cc1ncc(Cl)cc1C(=O)N[C@H]1CC[C@H](Cn2c(=O)n(-c3ccc4c(c3)cc(C(N)=O)n4C)c3ccccc32)CC1. The lowest BCUT2D eigenvalue weighted by atomic mass is 9.85. The Morgan fingerprint density at radius 2 is 1.76 bits per heavy atom. The second-order valence-corrected chi connectivity index (χ2v) is 11.3. The van der Waals surface area contributed by atoms with Gasteiger partial charge in [0.25, 0.3) is 11.8 Å². The number of benzene rings is 2. The summed E-state index contributed by atoms with van der Waals surface area (Å²) >= 11 is 6.05. The molecule has 0 spiro atoms. The highest BCUT2D eigenvalue weighted by Gasteiger charge is 2.26. The fraction of sp³-hybridized carbons (Fsp3) is 0.290. The number of carbonyl (C=O) groups is 2. The summed E-state index contributed by atoms with van der Waals surface area (Å²) in [6.07, 6.45) is 5.01. The summed E-state index contributed by atoms with van der Waals surface area (Å²) in [4.78, 5) is 42.8. The smallest absolute Gasteiger partial charge is 0.333 e. The molecule has 6 rings (SSSR count). The number of carbonyl (C=O) groups excluding carboxylic acids is 2. The van der Waals surface area contributed by atoms with Gasteiger partial charge in [-0.1, -0.05) is 23.7 Å². The molecule has 41 heavy (non-hydrogen) atoms. The maximum atomic E-state index is 13.9. The minimum Gasteiger partial charge on any atom is -0.364 e. The summed E-state index contributed by atoms with van der Waals surface area (Å²) in [5.41, 5.74) is 10.3. The molecule has 0 saturated heterocycles. The van der Waals surface area contributed by atoms with Gasteiger partial charge in [-0.15, -0.1) is 0 Å². The van der Waals surface area contributed by atoms with Crippen LogP contribution >= 0.6 is 11.6 Å². The number of amides is 2. The number of pyridine rings is 1. The number of hydrogen-bond acceptors (Lipinski definition) is 4. The summed E-state index contributed by atoms with van der Waals surface area (Å²) in [5.74, 6) is -0.340. The molecule has 1 saturated carbocycles. The van der Waals surface area contributed by atoms with Crippen molar-refractivity contribution in [2.45, 2.75) is 45.2 Å². The van der Waals surface area contributed by atoms with Crippen molar-refractivity contribution in [3.05, 3.63) is 93.3 Å². The van der Waals surface area contributed by atoms with Crippen molar-refractivity contribution >= 4 is 45.4 Å². The zero-order chi connectivity index (χ0) is 28.8. The highest BCUT2D eigenvalue weighted by molar-refractivity contribution is 6.30. The van der Waals surface area contributed by atoms with Crippen molar-refractivity contribution in [1.82, 2.24) is 24.0 Å². The predicted octanol–water partition coefficient (Wildman–Crippen LogP) is 4.73. The van der Waals surface area contributed by atoms with Crippen LogP contribution in [0.1, 0.15) is 52.2 Å². The van der Waals surface area contributed by atoms with Crippen LogP contribution in [-0.4, -0.2) is 36.5 Å². The van der Waals surface area contributed by atoms with Gasteiger partial charge in [0.2, 0.25) is 0 Å². The quantitative estimate of drug-likeness (QED) is 0.307. The average Bonchev–Trinajstić information content (AvgIpc) is 3.44. The predicted molar refractivity (Wildman–Crippen MR) is 160 cm³/mol. The molecule has 5 aromatic rings. The summed E-state index contributed by atoms with van der Waals surface area (Å²) in [6.45, 7) is 2.40. The Labute approximate surface area is 241 Å². The first-order valence-electron chi connectivity index (χ1n) is 13.7. The van der Waals surface area contributed by atoms with Gasteiger partial charge in [0, 0.05) is 36.7 Å². The lowest BCUT2D eigenvalue weighted by Gasteiger charge is -2.29. The summed E-state index contributed by atoms with van der Waals surface area (Å²) < 4.78 is 5.36. The lowest BCUT2D eigenvalue weighted by molar-refractivity contribution is 0.0918. The standard InChI is InChI=1S/C31H31ClN6O3/c1-18-24(15-21(32)16-34-18)30(40)35-22-9-7-19(8-10-22)17-37-26-5-3-4-6-27(26)38(31(37)41)23-11-12-25-20(13-23)14-28(29(33)39)36(25)2/h3-6,11-16,19,22H,7-10,17H2,1-2H3,(H2,33,39)(H,35,40)/t19-,22-. The molecule has 0 unspecified atom stereocenters. The van der Waals surface area contributed by atoms with Crippen LogP contribution in [0.2, 0.25) is 5.02 Å². The third-order valence-corrected chi connectivity index (χ3v) is 8.50. The highest BCUT2D eigenvalue weighted by atomic mass is 35.5. The monoisotopic (exact) mass is 570 g/mol. The first-order chi connectivity index (χ1) is 19.7. The molecule has 3 aromatic heterocycles. The number of fused-ring (bicyclic) bond motifs is 2. The number of aryl methyl sites for hydroxylation is 2. The molecule has 0 radical (unpaired) electrons. The maximum absolute atomic E-state index is 13.9. The molecule has 9 nitrogen and oxygen atoms in total. The molecule has 1 aliphatic rings. The van der Waals surface area contributed by atoms with Gasteiger partial charge < -0.3 is 15.6 Å². The maximum Gasteiger partial charge on any atom is 0.333 e. The van der Waals surface area contributed by atoms with Crippen molar-refractivity contribution in [3.8, 4) is 5.69 Å². The number of primary amides is 1. The van der Waals surface area contributed by atoms with Crippen LogP contribution in [0.25, 0.3) is 27.6 Å². The van der Waals surface area contributed by atoms with Crippen LogP contribution in [0.5, 0.6) is 0 Å². The van der Waals surface area contributed by atoms with E-state index in [-0.39, 0.29) is 17.6 Å². The van der Waals surface area contributed by atoms with Gasteiger partial charge in [0.1, 0.15) is 5.69 Å². The second kappa shape index (κ2) is 10.6. The number of nitrogens with zero attached hydrogens (tertiary/aromatic N) is 4. The highest BCUT2D eigenvalue weighted by Crippen LogP contribution is 2.29. The summed E-state index contributed by atoms with van der Waals surface area (Å²) in [5, 5.41) is 4.42. The fourth-order valence-corrected chi connectivity index (χ4v) is 6.25. The molecular weight excluding hydrogens is 540 g/mol. The summed E-state index contributed by atoms with van der Waals surface area (Å²) in [7, 11) is 1.80. The molecule has 0 atom stereocenters. The molecule has 10 heteroatoms. The normalized spacial score (nSPS) is 17.2. The van der Waals surface area contributed by atoms with Crippen molar-refractivity contribution in [2.24, 2.45) is 18.7 Å².